The highest BCUT2D eigenvalue weighted by Crippen LogP contribution is 2.27. The molecule has 6 heteroatoms. The lowest BCUT2D eigenvalue weighted by atomic mass is 10.1. The first-order valence-electron chi connectivity index (χ1n) is 8.59. The summed E-state index contributed by atoms with van der Waals surface area (Å²) in [5.41, 5.74) is 5.20. The number of nitrogens with one attached hydrogen (secondary N) is 1. The first kappa shape index (κ1) is 16.5. The van der Waals surface area contributed by atoms with Gasteiger partial charge in [0, 0.05) is 5.69 Å². The molecule has 6 nitrogen and oxygen atoms in total. The third-order valence-electron chi connectivity index (χ3n) is 4.57. The fourth-order valence-corrected chi connectivity index (χ4v) is 3.00. The molecular formula is C20H20N4O2. The Kier molecular flexibility index (Phi) is 4.26. The highest BCUT2D eigenvalue weighted by Gasteiger charge is 2.27. The lowest BCUT2D eigenvalue weighted by Gasteiger charge is -2.24. The average Bonchev–Trinajstić information content (AvgIpc) is 3.07. The fraction of sp³-hybridized carbons (Fsp3) is 0.250. The topological polar surface area (TPSA) is 69.0 Å². The molecule has 0 bridgehead atoms. The second kappa shape index (κ2) is 6.72. The number of hydrogen-bond donors (Lipinski definition) is 1. The smallest absolute Gasteiger partial charge is 0.278 e. The summed E-state index contributed by atoms with van der Waals surface area (Å²) in [7, 11) is 0. The van der Waals surface area contributed by atoms with E-state index in [9.17, 15) is 4.79 Å². The minimum absolute atomic E-state index is 0.0854. The van der Waals surface area contributed by atoms with Gasteiger partial charge in [-0.2, -0.15) is 0 Å². The molecular weight excluding hydrogens is 328 g/mol. The lowest BCUT2D eigenvalue weighted by Crippen LogP contribution is -2.24. The standard InChI is InChI=1S/C20H20N4O2/c1-13-3-7-15(8-4-13)18-11-24-17(12-26-18)19(22-23-24)20(25)21-16-9-5-14(2)6-10-16/h3-10,18H,11-12H2,1-2H3,(H,21,25)/t18-/m1/s1. The van der Waals surface area contributed by atoms with Gasteiger partial charge >= 0.3 is 0 Å². The van der Waals surface area contributed by atoms with Crippen molar-refractivity contribution in [2.24, 2.45) is 0 Å². The van der Waals surface area contributed by atoms with Crippen LogP contribution in [0.4, 0.5) is 5.69 Å². The SMILES string of the molecule is Cc1ccc(NC(=O)c2nnn3c2CO[C@@H](c2ccc(C)cc2)C3)cc1. The summed E-state index contributed by atoms with van der Waals surface area (Å²) in [5.74, 6) is -0.271. The Labute approximate surface area is 151 Å². The second-order valence-corrected chi connectivity index (χ2v) is 6.60. The first-order chi connectivity index (χ1) is 12.6. The Morgan fingerprint density at radius 2 is 1.73 bits per heavy atom. The predicted octanol–water partition coefficient (Wildman–Crippen LogP) is 3.42. The van der Waals surface area contributed by atoms with Crippen LogP contribution < -0.4 is 5.32 Å². The zero-order valence-electron chi connectivity index (χ0n) is 14.8. The number of carbonyl (C=O) groups is 1. The summed E-state index contributed by atoms with van der Waals surface area (Å²) in [4.78, 5) is 12.5. The van der Waals surface area contributed by atoms with Crippen LogP contribution in [0.25, 0.3) is 0 Å². The van der Waals surface area contributed by atoms with Crippen LogP contribution in [0.3, 0.4) is 0 Å². The molecule has 132 valence electrons. The Morgan fingerprint density at radius 3 is 2.42 bits per heavy atom. The molecule has 3 aromatic rings. The van der Waals surface area contributed by atoms with Gasteiger partial charge in [0.15, 0.2) is 5.69 Å². The quantitative estimate of drug-likeness (QED) is 0.787. The number of hydrogen-bond acceptors (Lipinski definition) is 4. The number of amides is 1. The van der Waals surface area contributed by atoms with Gasteiger partial charge in [0.25, 0.3) is 5.91 Å². The molecule has 1 atom stereocenters. The van der Waals surface area contributed by atoms with E-state index in [1.54, 1.807) is 4.68 Å². The van der Waals surface area contributed by atoms with E-state index in [4.69, 9.17) is 4.74 Å². The van der Waals surface area contributed by atoms with Gasteiger partial charge in [-0.1, -0.05) is 52.7 Å². The zero-order chi connectivity index (χ0) is 18.1. The maximum absolute atomic E-state index is 12.5. The van der Waals surface area contributed by atoms with Crippen LogP contribution in [0.5, 0.6) is 0 Å². The van der Waals surface area contributed by atoms with Crippen molar-refractivity contribution >= 4 is 11.6 Å². The fourth-order valence-electron chi connectivity index (χ4n) is 3.00. The summed E-state index contributed by atoms with van der Waals surface area (Å²) in [6.07, 6.45) is -0.0854. The third-order valence-corrected chi connectivity index (χ3v) is 4.57. The van der Waals surface area contributed by atoms with E-state index in [2.05, 4.69) is 46.8 Å². The van der Waals surface area contributed by atoms with Crippen LogP contribution in [0.1, 0.15) is 39.0 Å². The molecule has 0 saturated heterocycles. The Balaban J connectivity index is 1.51. The number of nitrogens with zero attached hydrogens (tertiary/aromatic N) is 3. The van der Waals surface area contributed by atoms with Gasteiger partial charge < -0.3 is 10.1 Å². The Morgan fingerprint density at radius 1 is 1.08 bits per heavy atom. The number of benzene rings is 2. The molecule has 1 amide bonds. The van der Waals surface area contributed by atoms with Crippen LogP contribution in [0, 0.1) is 13.8 Å². The average molecular weight is 348 g/mol. The highest BCUT2D eigenvalue weighted by atomic mass is 16.5. The molecule has 0 fully saturated rings. The minimum atomic E-state index is -0.271. The van der Waals surface area contributed by atoms with Crippen LogP contribution >= 0.6 is 0 Å². The van der Waals surface area contributed by atoms with E-state index in [0.717, 1.165) is 16.8 Å². The van der Waals surface area contributed by atoms with Gasteiger partial charge in [-0.15, -0.1) is 5.10 Å². The van der Waals surface area contributed by atoms with E-state index in [0.29, 0.717) is 24.5 Å². The van der Waals surface area contributed by atoms with Gasteiger partial charge in [-0.25, -0.2) is 4.68 Å². The molecule has 0 unspecified atom stereocenters. The first-order valence-corrected chi connectivity index (χ1v) is 8.59. The minimum Gasteiger partial charge on any atom is -0.365 e. The number of aryl methyl sites for hydroxylation is 2. The number of fused-ring (bicyclic) bond motifs is 1. The van der Waals surface area contributed by atoms with Crippen LogP contribution in [-0.2, 0) is 17.9 Å². The number of anilines is 1. The summed E-state index contributed by atoms with van der Waals surface area (Å²) in [6, 6.07) is 15.9. The van der Waals surface area contributed by atoms with Crippen molar-refractivity contribution in [1.82, 2.24) is 15.0 Å². The van der Waals surface area contributed by atoms with Gasteiger partial charge in [0.2, 0.25) is 0 Å². The van der Waals surface area contributed by atoms with Gasteiger partial charge in [-0.3, -0.25) is 4.79 Å². The van der Waals surface area contributed by atoms with Crippen molar-refractivity contribution in [1.29, 1.82) is 0 Å². The largest absolute Gasteiger partial charge is 0.365 e. The van der Waals surface area contributed by atoms with E-state index >= 15 is 0 Å². The summed E-state index contributed by atoms with van der Waals surface area (Å²) in [6.45, 7) is 4.91. The van der Waals surface area contributed by atoms with Gasteiger partial charge in [0.05, 0.1) is 18.8 Å². The predicted molar refractivity (Wildman–Crippen MR) is 97.9 cm³/mol. The van der Waals surface area contributed by atoms with Crippen molar-refractivity contribution in [2.75, 3.05) is 5.32 Å². The molecule has 0 aliphatic carbocycles. The van der Waals surface area contributed by atoms with Gasteiger partial charge in [-0.05, 0) is 31.5 Å². The molecule has 0 saturated carbocycles. The lowest BCUT2D eigenvalue weighted by molar-refractivity contribution is -0.00171. The molecule has 1 aliphatic rings. The zero-order valence-corrected chi connectivity index (χ0v) is 14.8. The maximum Gasteiger partial charge on any atom is 0.278 e. The maximum atomic E-state index is 12.5. The summed E-state index contributed by atoms with van der Waals surface area (Å²) >= 11 is 0. The molecule has 4 rings (SSSR count). The van der Waals surface area contributed by atoms with E-state index in [1.165, 1.54) is 5.56 Å². The van der Waals surface area contributed by atoms with Crippen LogP contribution in [-0.4, -0.2) is 20.9 Å². The molecule has 0 radical (unpaired) electrons. The van der Waals surface area contributed by atoms with Crippen molar-refractivity contribution in [3.05, 3.63) is 76.6 Å². The molecule has 1 N–H and O–H groups in total. The van der Waals surface area contributed by atoms with Gasteiger partial charge in [0.1, 0.15) is 6.10 Å². The number of aromatic nitrogens is 3. The van der Waals surface area contributed by atoms with E-state index < -0.39 is 0 Å². The normalized spacial score (nSPS) is 16.2. The second-order valence-electron chi connectivity index (χ2n) is 6.60. The van der Waals surface area contributed by atoms with Crippen molar-refractivity contribution < 1.29 is 9.53 Å². The summed E-state index contributed by atoms with van der Waals surface area (Å²) < 4.78 is 7.73. The van der Waals surface area contributed by atoms with Crippen molar-refractivity contribution in [3.8, 4) is 0 Å². The number of ether oxygens (including phenoxy) is 1. The Hall–Kier alpha value is -2.99. The highest BCUT2D eigenvalue weighted by molar-refractivity contribution is 6.03. The third kappa shape index (κ3) is 3.23. The van der Waals surface area contributed by atoms with E-state index in [-0.39, 0.29) is 12.0 Å². The van der Waals surface area contributed by atoms with Crippen molar-refractivity contribution in [2.45, 2.75) is 33.1 Å². The van der Waals surface area contributed by atoms with E-state index in [1.807, 2.05) is 31.2 Å². The molecule has 2 aromatic carbocycles. The van der Waals surface area contributed by atoms with Crippen LogP contribution in [0.2, 0.25) is 0 Å². The molecule has 26 heavy (non-hydrogen) atoms. The monoisotopic (exact) mass is 348 g/mol. The summed E-state index contributed by atoms with van der Waals surface area (Å²) in [5, 5.41) is 11.1. The molecule has 1 aromatic heterocycles. The number of carbonyl (C=O) groups excluding carboxylic acids is 1. The van der Waals surface area contributed by atoms with Crippen LogP contribution in [0.15, 0.2) is 48.5 Å². The Bertz CT molecular complexity index is 929. The number of rotatable bonds is 3. The van der Waals surface area contributed by atoms with Crippen molar-refractivity contribution in [3.63, 3.8) is 0 Å². The molecule has 2 heterocycles. The molecule has 1 aliphatic heterocycles. The molecule has 0 spiro atoms.